The Bertz CT molecular complexity index is 661. The first kappa shape index (κ1) is 18.6. The van der Waals surface area contributed by atoms with Gasteiger partial charge in [0, 0.05) is 12.6 Å². The van der Waals surface area contributed by atoms with Gasteiger partial charge in [-0.2, -0.15) is 0 Å². The summed E-state index contributed by atoms with van der Waals surface area (Å²) in [6.07, 6.45) is 1.06. The summed E-state index contributed by atoms with van der Waals surface area (Å²) in [5.41, 5.74) is 1.89. The minimum Gasteiger partial charge on any atom is -0.493 e. The van der Waals surface area contributed by atoms with Crippen molar-refractivity contribution >= 4 is 11.6 Å². The highest BCUT2D eigenvalue weighted by atomic mass is 35.5. The van der Waals surface area contributed by atoms with Gasteiger partial charge in [-0.05, 0) is 48.7 Å². The van der Waals surface area contributed by atoms with Crippen molar-refractivity contribution in [1.82, 2.24) is 5.32 Å². The van der Waals surface area contributed by atoms with Crippen LogP contribution in [0, 0.1) is 5.82 Å². The van der Waals surface area contributed by atoms with E-state index >= 15 is 0 Å². The number of ether oxygens (including phenoxy) is 2. The first-order chi connectivity index (χ1) is 11.5. The molecule has 0 bridgehead atoms. The Kier molecular flexibility index (Phi) is 6.88. The molecule has 0 aliphatic rings. The number of halogens is 2. The van der Waals surface area contributed by atoms with Crippen LogP contribution in [0.15, 0.2) is 36.4 Å². The first-order valence-corrected chi connectivity index (χ1v) is 8.38. The fraction of sp³-hybridized carbons (Fsp3) is 0.368. The number of hydrogen-bond donors (Lipinski definition) is 1. The highest BCUT2D eigenvalue weighted by Crippen LogP contribution is 2.37. The van der Waals surface area contributed by atoms with Crippen LogP contribution in [0.25, 0.3) is 0 Å². The van der Waals surface area contributed by atoms with Crippen LogP contribution in [0.2, 0.25) is 5.02 Å². The molecule has 0 radical (unpaired) electrons. The number of rotatable bonds is 8. The maximum atomic E-state index is 12.9. The van der Waals surface area contributed by atoms with Crippen molar-refractivity contribution < 1.29 is 13.9 Å². The van der Waals surface area contributed by atoms with Gasteiger partial charge in [0.15, 0.2) is 11.5 Å². The van der Waals surface area contributed by atoms with E-state index in [2.05, 4.69) is 19.2 Å². The molecule has 1 N–H and O–H groups in total. The van der Waals surface area contributed by atoms with Crippen LogP contribution >= 0.6 is 11.6 Å². The van der Waals surface area contributed by atoms with Gasteiger partial charge in [0.1, 0.15) is 12.4 Å². The molecular formula is C19H23ClFNO2. The molecule has 5 heteroatoms. The third kappa shape index (κ3) is 5.11. The van der Waals surface area contributed by atoms with E-state index in [4.69, 9.17) is 21.1 Å². The van der Waals surface area contributed by atoms with Crippen LogP contribution in [-0.4, -0.2) is 13.2 Å². The van der Waals surface area contributed by atoms with Crippen LogP contribution in [-0.2, 0) is 13.2 Å². The van der Waals surface area contributed by atoms with E-state index in [1.54, 1.807) is 19.2 Å². The molecule has 2 aromatic carbocycles. The highest BCUT2D eigenvalue weighted by Gasteiger charge is 2.13. The fourth-order valence-electron chi connectivity index (χ4n) is 2.19. The molecule has 0 aliphatic carbocycles. The number of benzene rings is 2. The van der Waals surface area contributed by atoms with Gasteiger partial charge < -0.3 is 14.8 Å². The van der Waals surface area contributed by atoms with Crippen LogP contribution in [0.4, 0.5) is 4.39 Å². The summed E-state index contributed by atoms with van der Waals surface area (Å²) in [7, 11) is 1.59. The van der Waals surface area contributed by atoms with Crippen molar-refractivity contribution in [2.24, 2.45) is 0 Å². The largest absolute Gasteiger partial charge is 0.493 e. The van der Waals surface area contributed by atoms with Gasteiger partial charge in [-0.3, -0.25) is 0 Å². The lowest BCUT2D eigenvalue weighted by molar-refractivity contribution is 0.284. The zero-order valence-corrected chi connectivity index (χ0v) is 15.0. The van der Waals surface area contributed by atoms with Gasteiger partial charge in [-0.15, -0.1) is 0 Å². The molecule has 1 atom stereocenters. The van der Waals surface area contributed by atoms with Crippen molar-refractivity contribution in [1.29, 1.82) is 0 Å². The highest BCUT2D eigenvalue weighted by molar-refractivity contribution is 6.32. The molecule has 3 nitrogen and oxygen atoms in total. The predicted octanol–water partition coefficient (Wildman–Crippen LogP) is 4.95. The van der Waals surface area contributed by atoms with Gasteiger partial charge in [0.25, 0.3) is 0 Å². The maximum Gasteiger partial charge on any atom is 0.180 e. The average Bonchev–Trinajstić information content (AvgIpc) is 2.59. The van der Waals surface area contributed by atoms with E-state index in [0.29, 0.717) is 35.7 Å². The summed E-state index contributed by atoms with van der Waals surface area (Å²) in [5.74, 6) is 0.814. The zero-order chi connectivity index (χ0) is 17.5. The minimum atomic E-state index is -0.271. The fourth-order valence-corrected chi connectivity index (χ4v) is 2.48. The molecule has 24 heavy (non-hydrogen) atoms. The second-order valence-corrected chi connectivity index (χ2v) is 6.12. The zero-order valence-electron chi connectivity index (χ0n) is 14.2. The molecule has 0 heterocycles. The molecule has 0 amide bonds. The third-order valence-corrected chi connectivity index (χ3v) is 4.13. The second-order valence-electron chi connectivity index (χ2n) is 5.71. The van der Waals surface area contributed by atoms with Crippen molar-refractivity contribution in [2.75, 3.05) is 7.11 Å². The first-order valence-electron chi connectivity index (χ1n) is 8.00. The van der Waals surface area contributed by atoms with Crippen LogP contribution in [0.1, 0.15) is 31.4 Å². The number of methoxy groups -OCH3 is 1. The molecule has 0 saturated carbocycles. The molecule has 0 spiro atoms. The second kappa shape index (κ2) is 8.90. The smallest absolute Gasteiger partial charge is 0.180 e. The monoisotopic (exact) mass is 351 g/mol. The lowest BCUT2D eigenvalue weighted by atomic mass is 10.1. The van der Waals surface area contributed by atoms with Crippen molar-refractivity contribution in [3.63, 3.8) is 0 Å². The molecule has 0 fully saturated rings. The molecular weight excluding hydrogens is 329 g/mol. The van der Waals surface area contributed by atoms with E-state index in [1.165, 1.54) is 12.1 Å². The van der Waals surface area contributed by atoms with Crippen molar-refractivity contribution in [2.45, 2.75) is 39.5 Å². The van der Waals surface area contributed by atoms with Gasteiger partial charge >= 0.3 is 0 Å². The van der Waals surface area contributed by atoms with Crippen molar-refractivity contribution in [3.8, 4) is 11.5 Å². The van der Waals surface area contributed by atoms with E-state index in [-0.39, 0.29) is 5.82 Å². The Labute approximate surface area is 147 Å². The average molecular weight is 352 g/mol. The van der Waals surface area contributed by atoms with E-state index in [1.807, 2.05) is 12.1 Å². The molecule has 0 aromatic heterocycles. The maximum absolute atomic E-state index is 12.9. The standard InChI is InChI=1S/C19H23ClFNO2/c1-4-13(2)22-11-15-9-17(20)19(18(10-15)23-3)24-12-14-5-7-16(21)8-6-14/h5-10,13,22H,4,11-12H2,1-3H3/t13-/m0/s1. The molecule has 2 aromatic rings. The van der Waals surface area contributed by atoms with Gasteiger partial charge in [-0.1, -0.05) is 30.7 Å². The Morgan fingerprint density at radius 1 is 1.17 bits per heavy atom. The summed E-state index contributed by atoms with van der Waals surface area (Å²) in [5, 5.41) is 3.92. The number of nitrogens with one attached hydrogen (secondary N) is 1. The van der Waals surface area contributed by atoms with E-state index < -0.39 is 0 Å². The summed E-state index contributed by atoms with van der Waals surface area (Å²) < 4.78 is 24.1. The molecule has 2 rings (SSSR count). The van der Waals surface area contributed by atoms with E-state index in [0.717, 1.165) is 17.5 Å². The minimum absolute atomic E-state index is 0.271. The molecule has 130 valence electrons. The van der Waals surface area contributed by atoms with Crippen LogP contribution < -0.4 is 14.8 Å². The SMILES string of the molecule is CC[C@H](C)NCc1cc(Cl)c(OCc2ccc(F)cc2)c(OC)c1. The molecule has 0 unspecified atom stereocenters. The van der Waals surface area contributed by atoms with Crippen LogP contribution in [0.3, 0.4) is 0 Å². The number of hydrogen-bond acceptors (Lipinski definition) is 3. The Morgan fingerprint density at radius 2 is 1.88 bits per heavy atom. The molecule has 0 saturated heterocycles. The third-order valence-electron chi connectivity index (χ3n) is 3.85. The summed E-state index contributed by atoms with van der Waals surface area (Å²) in [6.45, 7) is 5.28. The topological polar surface area (TPSA) is 30.5 Å². The Morgan fingerprint density at radius 3 is 2.50 bits per heavy atom. The summed E-state index contributed by atoms with van der Waals surface area (Å²) in [4.78, 5) is 0. The molecule has 0 aliphatic heterocycles. The normalized spacial score (nSPS) is 12.0. The Balaban J connectivity index is 2.10. The lowest BCUT2D eigenvalue weighted by Crippen LogP contribution is -2.24. The van der Waals surface area contributed by atoms with Gasteiger partial charge in [-0.25, -0.2) is 4.39 Å². The van der Waals surface area contributed by atoms with Crippen LogP contribution in [0.5, 0.6) is 11.5 Å². The lowest BCUT2D eigenvalue weighted by Gasteiger charge is -2.16. The predicted molar refractivity (Wildman–Crippen MR) is 95.3 cm³/mol. The quantitative estimate of drug-likeness (QED) is 0.729. The van der Waals surface area contributed by atoms with Gasteiger partial charge in [0.05, 0.1) is 12.1 Å². The Hall–Kier alpha value is -1.78. The van der Waals surface area contributed by atoms with Crippen molar-refractivity contribution in [3.05, 3.63) is 58.4 Å². The summed E-state index contributed by atoms with van der Waals surface area (Å²) >= 11 is 6.36. The summed E-state index contributed by atoms with van der Waals surface area (Å²) in [6, 6.07) is 10.4. The van der Waals surface area contributed by atoms with E-state index in [9.17, 15) is 4.39 Å². The van der Waals surface area contributed by atoms with Gasteiger partial charge in [0.2, 0.25) is 0 Å².